The number of H-pyrrole nitrogens is 1. The van der Waals surface area contributed by atoms with Crippen LogP contribution in [0.15, 0.2) is 30.3 Å². The summed E-state index contributed by atoms with van der Waals surface area (Å²) in [5, 5.41) is 0. The second-order valence-corrected chi connectivity index (χ2v) is 5.60. The van der Waals surface area contributed by atoms with Crippen molar-refractivity contribution in [3.63, 3.8) is 0 Å². The molecule has 0 saturated heterocycles. The Morgan fingerprint density at radius 2 is 1.40 bits per heavy atom. The summed E-state index contributed by atoms with van der Waals surface area (Å²) in [5.74, 6) is 3.74. The zero-order chi connectivity index (χ0) is 17.8. The second kappa shape index (κ2) is 7.34. The van der Waals surface area contributed by atoms with E-state index in [0.29, 0.717) is 11.5 Å². The smallest absolute Gasteiger partial charge is 0.163 e. The molecule has 0 unspecified atom stereocenters. The molecule has 3 rings (SSSR count). The van der Waals surface area contributed by atoms with E-state index in [9.17, 15) is 0 Å². The van der Waals surface area contributed by atoms with Gasteiger partial charge in [0.05, 0.1) is 39.5 Å². The molecule has 0 atom stereocenters. The summed E-state index contributed by atoms with van der Waals surface area (Å²) in [4.78, 5) is 7.98. The highest BCUT2D eigenvalue weighted by Gasteiger charge is 2.11. The first-order valence-corrected chi connectivity index (χ1v) is 8.00. The van der Waals surface area contributed by atoms with Crippen molar-refractivity contribution in [1.82, 2.24) is 9.97 Å². The molecule has 0 saturated carbocycles. The van der Waals surface area contributed by atoms with Crippen LogP contribution in [0.4, 0.5) is 0 Å². The largest absolute Gasteiger partial charge is 0.493 e. The Hall–Kier alpha value is -2.89. The Labute approximate surface area is 146 Å². The Morgan fingerprint density at radius 3 is 2.08 bits per heavy atom. The molecular weight excluding hydrogens is 320 g/mol. The lowest BCUT2D eigenvalue weighted by Gasteiger charge is -2.09. The van der Waals surface area contributed by atoms with Crippen molar-refractivity contribution in [3.8, 4) is 23.0 Å². The lowest BCUT2D eigenvalue weighted by atomic mass is 10.1. The Morgan fingerprint density at radius 1 is 0.760 bits per heavy atom. The molecule has 1 aromatic heterocycles. The van der Waals surface area contributed by atoms with Crippen molar-refractivity contribution >= 4 is 11.0 Å². The van der Waals surface area contributed by atoms with E-state index < -0.39 is 0 Å². The first-order valence-electron chi connectivity index (χ1n) is 8.00. The van der Waals surface area contributed by atoms with Gasteiger partial charge in [0.2, 0.25) is 0 Å². The third kappa shape index (κ3) is 3.47. The first kappa shape index (κ1) is 17.0. The van der Waals surface area contributed by atoms with Gasteiger partial charge < -0.3 is 23.9 Å². The summed E-state index contributed by atoms with van der Waals surface area (Å²) < 4.78 is 21.3. The minimum atomic E-state index is 0.674. The highest BCUT2D eigenvalue weighted by Crippen LogP contribution is 2.31. The first-order chi connectivity index (χ1) is 12.2. The van der Waals surface area contributed by atoms with Crippen molar-refractivity contribution in [2.45, 2.75) is 12.8 Å². The molecular formula is C19H22N2O4. The van der Waals surface area contributed by atoms with Crippen molar-refractivity contribution in [1.29, 1.82) is 0 Å². The number of nitrogens with one attached hydrogen (secondary N) is 1. The van der Waals surface area contributed by atoms with Crippen LogP contribution in [0.3, 0.4) is 0 Å². The number of aromatic amines is 1. The summed E-state index contributed by atoms with van der Waals surface area (Å²) >= 11 is 0. The van der Waals surface area contributed by atoms with Crippen LogP contribution in [-0.2, 0) is 12.8 Å². The summed E-state index contributed by atoms with van der Waals surface area (Å²) in [6.45, 7) is 0. The number of aryl methyl sites for hydroxylation is 2. The van der Waals surface area contributed by atoms with E-state index in [1.165, 1.54) is 0 Å². The van der Waals surface area contributed by atoms with Gasteiger partial charge in [0, 0.05) is 18.6 Å². The molecule has 6 heteroatoms. The highest BCUT2D eigenvalue weighted by molar-refractivity contribution is 5.79. The molecule has 3 aromatic rings. The van der Waals surface area contributed by atoms with Crippen molar-refractivity contribution in [2.75, 3.05) is 28.4 Å². The van der Waals surface area contributed by atoms with E-state index in [1.54, 1.807) is 28.4 Å². The molecule has 1 heterocycles. The Bertz CT molecular complexity index is 832. The molecule has 2 aromatic carbocycles. The zero-order valence-electron chi connectivity index (χ0n) is 14.9. The average Bonchev–Trinajstić information content (AvgIpc) is 3.06. The van der Waals surface area contributed by atoms with Crippen LogP contribution in [-0.4, -0.2) is 38.4 Å². The third-order valence-electron chi connectivity index (χ3n) is 4.13. The van der Waals surface area contributed by atoms with Gasteiger partial charge in [0.15, 0.2) is 23.0 Å². The molecule has 0 aliphatic heterocycles. The molecule has 0 aliphatic rings. The van der Waals surface area contributed by atoms with Gasteiger partial charge >= 0.3 is 0 Å². The summed E-state index contributed by atoms with van der Waals surface area (Å²) in [6.07, 6.45) is 1.63. The standard InChI is InChI=1S/C19H22N2O4/c1-22-15-7-5-12(9-16(15)23-2)6-8-19-20-13-10-17(24-3)18(25-4)11-14(13)21-19/h5,7,9-11H,6,8H2,1-4H3,(H,20,21). The molecule has 1 N–H and O–H groups in total. The van der Waals surface area contributed by atoms with Crippen LogP contribution in [0.5, 0.6) is 23.0 Å². The normalized spacial score (nSPS) is 10.7. The molecule has 0 bridgehead atoms. The lowest BCUT2D eigenvalue weighted by molar-refractivity contribution is 0.354. The Kier molecular flexibility index (Phi) is 4.97. The van der Waals surface area contributed by atoms with Crippen molar-refractivity contribution in [2.24, 2.45) is 0 Å². The molecule has 0 aliphatic carbocycles. The van der Waals surface area contributed by atoms with Crippen molar-refractivity contribution in [3.05, 3.63) is 41.7 Å². The summed E-state index contributed by atoms with van der Waals surface area (Å²) in [7, 11) is 6.52. The number of aromatic nitrogens is 2. The van der Waals surface area contributed by atoms with Crippen LogP contribution in [0.1, 0.15) is 11.4 Å². The number of fused-ring (bicyclic) bond motifs is 1. The molecule has 0 amide bonds. The SMILES string of the molecule is COc1ccc(CCc2nc3cc(OC)c(OC)cc3[nH]2)cc1OC. The fourth-order valence-corrected chi connectivity index (χ4v) is 2.81. The van der Waals surface area contributed by atoms with E-state index in [4.69, 9.17) is 18.9 Å². The van der Waals surface area contributed by atoms with Gasteiger partial charge in [-0.25, -0.2) is 4.98 Å². The highest BCUT2D eigenvalue weighted by atomic mass is 16.5. The predicted molar refractivity (Wildman–Crippen MR) is 96.2 cm³/mol. The fraction of sp³-hybridized carbons (Fsp3) is 0.316. The molecule has 0 radical (unpaired) electrons. The summed E-state index contributed by atoms with van der Waals surface area (Å²) in [6, 6.07) is 9.73. The number of nitrogens with zero attached hydrogens (tertiary/aromatic N) is 1. The molecule has 0 spiro atoms. The Balaban J connectivity index is 1.79. The zero-order valence-corrected chi connectivity index (χ0v) is 14.9. The minimum absolute atomic E-state index is 0.674. The van der Waals surface area contributed by atoms with Gasteiger partial charge in [-0.1, -0.05) is 6.07 Å². The van der Waals surface area contributed by atoms with Gasteiger partial charge in [-0.15, -0.1) is 0 Å². The maximum atomic E-state index is 5.35. The number of methoxy groups -OCH3 is 4. The van der Waals surface area contributed by atoms with Gasteiger partial charge in [0.25, 0.3) is 0 Å². The minimum Gasteiger partial charge on any atom is -0.493 e. The molecule has 132 valence electrons. The third-order valence-corrected chi connectivity index (χ3v) is 4.13. The molecule has 6 nitrogen and oxygen atoms in total. The lowest BCUT2D eigenvalue weighted by Crippen LogP contribution is -1.96. The molecule has 25 heavy (non-hydrogen) atoms. The number of hydrogen-bond acceptors (Lipinski definition) is 5. The van der Waals surface area contributed by atoms with Crippen LogP contribution in [0.25, 0.3) is 11.0 Å². The summed E-state index contributed by atoms with van der Waals surface area (Å²) in [5.41, 5.74) is 2.95. The number of benzene rings is 2. The van der Waals surface area contributed by atoms with Gasteiger partial charge in [0.1, 0.15) is 5.82 Å². The van der Waals surface area contributed by atoms with Gasteiger partial charge in [-0.2, -0.15) is 0 Å². The maximum Gasteiger partial charge on any atom is 0.163 e. The monoisotopic (exact) mass is 342 g/mol. The van der Waals surface area contributed by atoms with Crippen LogP contribution < -0.4 is 18.9 Å². The van der Waals surface area contributed by atoms with Crippen LogP contribution >= 0.6 is 0 Å². The maximum absolute atomic E-state index is 5.35. The number of rotatable bonds is 7. The van der Waals surface area contributed by atoms with E-state index >= 15 is 0 Å². The van der Waals surface area contributed by atoms with E-state index in [-0.39, 0.29) is 0 Å². The second-order valence-electron chi connectivity index (χ2n) is 5.60. The predicted octanol–water partition coefficient (Wildman–Crippen LogP) is 3.38. The quantitative estimate of drug-likeness (QED) is 0.713. The molecule has 0 fully saturated rings. The van der Waals surface area contributed by atoms with Crippen LogP contribution in [0, 0.1) is 0 Å². The number of imidazole rings is 1. The van der Waals surface area contributed by atoms with Crippen LogP contribution in [0.2, 0.25) is 0 Å². The van der Waals surface area contributed by atoms with Gasteiger partial charge in [-0.3, -0.25) is 0 Å². The fourth-order valence-electron chi connectivity index (χ4n) is 2.81. The average molecular weight is 342 g/mol. The van der Waals surface area contributed by atoms with E-state index in [1.807, 2.05) is 30.3 Å². The van der Waals surface area contributed by atoms with E-state index in [2.05, 4.69) is 9.97 Å². The van der Waals surface area contributed by atoms with E-state index in [0.717, 1.165) is 46.8 Å². The number of ether oxygens (including phenoxy) is 4. The number of hydrogen-bond donors (Lipinski definition) is 1. The van der Waals surface area contributed by atoms with Gasteiger partial charge in [-0.05, 0) is 24.1 Å². The van der Waals surface area contributed by atoms with Crippen molar-refractivity contribution < 1.29 is 18.9 Å². The topological polar surface area (TPSA) is 65.6 Å².